The fraction of sp³-hybridized carbons (Fsp3) is 0.909. The highest BCUT2D eigenvalue weighted by molar-refractivity contribution is 5.78. The number of nitrogens with one attached hydrogen (secondary N) is 1. The third-order valence-electron chi connectivity index (χ3n) is 3.75. The second kappa shape index (κ2) is 4.10. The lowest BCUT2D eigenvalue weighted by Gasteiger charge is -2.43. The Morgan fingerprint density at radius 1 is 1.47 bits per heavy atom. The lowest BCUT2D eigenvalue weighted by Crippen LogP contribution is -2.56. The molecule has 1 atom stereocenters. The van der Waals surface area contributed by atoms with Crippen LogP contribution in [-0.4, -0.2) is 49.7 Å². The number of ether oxygens (including phenoxy) is 1. The Balaban J connectivity index is 1.94. The molecule has 1 unspecified atom stereocenters. The number of carbonyl (C=O) groups is 1. The van der Waals surface area contributed by atoms with E-state index in [2.05, 4.69) is 24.2 Å². The number of hydrogen-bond acceptors (Lipinski definition) is 3. The van der Waals surface area contributed by atoms with Gasteiger partial charge in [0.15, 0.2) is 0 Å². The van der Waals surface area contributed by atoms with E-state index in [4.69, 9.17) is 4.74 Å². The monoisotopic (exact) mass is 212 g/mol. The SMILES string of the molecule is CN1CCC(C2(C)CNC(=O)CO2)CC1. The van der Waals surface area contributed by atoms with Gasteiger partial charge in [0.2, 0.25) is 5.91 Å². The van der Waals surface area contributed by atoms with E-state index in [9.17, 15) is 4.79 Å². The molecule has 4 nitrogen and oxygen atoms in total. The van der Waals surface area contributed by atoms with Crippen LogP contribution in [0.3, 0.4) is 0 Å². The van der Waals surface area contributed by atoms with Gasteiger partial charge in [-0.05, 0) is 45.8 Å². The molecule has 0 aromatic heterocycles. The molecule has 0 aliphatic carbocycles. The molecule has 0 aromatic rings. The average Bonchev–Trinajstić information content (AvgIpc) is 2.24. The van der Waals surface area contributed by atoms with E-state index in [-0.39, 0.29) is 18.1 Å². The standard InChI is InChI=1S/C11H20N2O2/c1-11(8-12-10(14)7-15-11)9-3-5-13(2)6-4-9/h9H,3-8H2,1-2H3,(H,12,14). The maximum atomic E-state index is 11.0. The second-order valence-electron chi connectivity index (χ2n) is 4.96. The summed E-state index contributed by atoms with van der Waals surface area (Å²) in [6.45, 7) is 5.29. The molecule has 0 aromatic carbocycles. The van der Waals surface area contributed by atoms with Crippen molar-refractivity contribution < 1.29 is 9.53 Å². The molecule has 2 aliphatic rings. The van der Waals surface area contributed by atoms with Crippen LogP contribution in [0.4, 0.5) is 0 Å². The van der Waals surface area contributed by atoms with Crippen molar-refractivity contribution in [1.82, 2.24) is 10.2 Å². The molecule has 0 spiro atoms. The summed E-state index contributed by atoms with van der Waals surface area (Å²) < 4.78 is 5.72. The van der Waals surface area contributed by atoms with Gasteiger partial charge >= 0.3 is 0 Å². The van der Waals surface area contributed by atoms with Crippen molar-refractivity contribution >= 4 is 5.91 Å². The molecule has 0 radical (unpaired) electrons. The molecule has 0 bridgehead atoms. The minimum atomic E-state index is -0.144. The van der Waals surface area contributed by atoms with Crippen LogP contribution >= 0.6 is 0 Å². The zero-order valence-corrected chi connectivity index (χ0v) is 9.58. The first-order chi connectivity index (χ1) is 7.10. The number of piperidine rings is 1. The van der Waals surface area contributed by atoms with Gasteiger partial charge in [-0.3, -0.25) is 4.79 Å². The molecule has 1 amide bonds. The van der Waals surface area contributed by atoms with Crippen LogP contribution in [-0.2, 0) is 9.53 Å². The fourth-order valence-electron chi connectivity index (χ4n) is 2.49. The number of nitrogens with zero attached hydrogens (tertiary/aromatic N) is 1. The van der Waals surface area contributed by atoms with Gasteiger partial charge in [0.25, 0.3) is 0 Å². The number of amides is 1. The number of carbonyl (C=O) groups excluding carboxylic acids is 1. The van der Waals surface area contributed by atoms with Gasteiger partial charge < -0.3 is 15.0 Å². The zero-order chi connectivity index (χ0) is 10.9. The van der Waals surface area contributed by atoms with E-state index in [0.717, 1.165) is 13.1 Å². The number of likely N-dealkylation sites (tertiary alicyclic amines) is 1. The molecule has 1 N–H and O–H groups in total. The van der Waals surface area contributed by atoms with E-state index in [1.165, 1.54) is 12.8 Å². The molecule has 2 saturated heterocycles. The largest absolute Gasteiger partial charge is 0.363 e. The first-order valence-corrected chi connectivity index (χ1v) is 5.69. The van der Waals surface area contributed by atoms with Crippen molar-refractivity contribution in [2.24, 2.45) is 5.92 Å². The molecule has 4 heteroatoms. The van der Waals surface area contributed by atoms with E-state index < -0.39 is 0 Å². The summed E-state index contributed by atoms with van der Waals surface area (Å²) in [6, 6.07) is 0. The zero-order valence-electron chi connectivity index (χ0n) is 9.58. The van der Waals surface area contributed by atoms with Gasteiger partial charge in [-0.2, -0.15) is 0 Å². The molecule has 2 aliphatic heterocycles. The highest BCUT2D eigenvalue weighted by Crippen LogP contribution is 2.31. The van der Waals surface area contributed by atoms with Gasteiger partial charge in [-0.25, -0.2) is 0 Å². The topological polar surface area (TPSA) is 41.6 Å². The summed E-state index contributed by atoms with van der Waals surface area (Å²) in [5, 5.41) is 2.90. The average molecular weight is 212 g/mol. The van der Waals surface area contributed by atoms with Crippen LogP contribution < -0.4 is 5.32 Å². The van der Waals surface area contributed by atoms with Gasteiger partial charge in [-0.15, -0.1) is 0 Å². The molecular formula is C11H20N2O2. The van der Waals surface area contributed by atoms with Crippen molar-refractivity contribution in [3.05, 3.63) is 0 Å². The molecule has 15 heavy (non-hydrogen) atoms. The van der Waals surface area contributed by atoms with Crippen molar-refractivity contribution in [2.75, 3.05) is 33.3 Å². The van der Waals surface area contributed by atoms with Crippen molar-refractivity contribution in [3.8, 4) is 0 Å². The third kappa shape index (κ3) is 2.32. The summed E-state index contributed by atoms with van der Waals surface area (Å²) in [6.07, 6.45) is 2.34. The van der Waals surface area contributed by atoms with Crippen molar-refractivity contribution in [1.29, 1.82) is 0 Å². The number of rotatable bonds is 1. The Hall–Kier alpha value is -0.610. The van der Waals surface area contributed by atoms with Crippen LogP contribution in [0, 0.1) is 5.92 Å². The second-order valence-corrected chi connectivity index (χ2v) is 4.96. The molecule has 2 heterocycles. The van der Waals surface area contributed by atoms with Gasteiger partial charge in [0, 0.05) is 6.54 Å². The highest BCUT2D eigenvalue weighted by atomic mass is 16.5. The predicted octanol–water partition coefficient (Wildman–Crippen LogP) is 0.233. The van der Waals surface area contributed by atoms with Crippen LogP contribution in [0.1, 0.15) is 19.8 Å². The number of hydrogen-bond donors (Lipinski definition) is 1. The Bertz CT molecular complexity index is 237. The molecule has 0 saturated carbocycles. The normalized spacial score (nSPS) is 35.2. The van der Waals surface area contributed by atoms with Gasteiger partial charge in [0.1, 0.15) is 6.61 Å². The quantitative estimate of drug-likeness (QED) is 0.676. The maximum absolute atomic E-state index is 11.0. The first kappa shape index (κ1) is 10.9. The first-order valence-electron chi connectivity index (χ1n) is 5.69. The maximum Gasteiger partial charge on any atom is 0.246 e. The van der Waals surface area contributed by atoms with Crippen LogP contribution in [0.25, 0.3) is 0 Å². The summed E-state index contributed by atoms with van der Waals surface area (Å²) in [4.78, 5) is 13.4. The molecular weight excluding hydrogens is 192 g/mol. The van der Waals surface area contributed by atoms with E-state index in [1.54, 1.807) is 0 Å². The summed E-state index contributed by atoms with van der Waals surface area (Å²) in [5.41, 5.74) is -0.144. The predicted molar refractivity (Wildman–Crippen MR) is 57.6 cm³/mol. The van der Waals surface area contributed by atoms with Crippen LogP contribution in [0.15, 0.2) is 0 Å². The van der Waals surface area contributed by atoms with Gasteiger partial charge in [0.05, 0.1) is 5.60 Å². The van der Waals surface area contributed by atoms with E-state index in [1.807, 2.05) is 0 Å². The Morgan fingerprint density at radius 3 is 2.67 bits per heavy atom. The molecule has 2 rings (SSSR count). The smallest absolute Gasteiger partial charge is 0.246 e. The van der Waals surface area contributed by atoms with E-state index in [0.29, 0.717) is 12.5 Å². The van der Waals surface area contributed by atoms with Crippen LogP contribution in [0.2, 0.25) is 0 Å². The van der Waals surface area contributed by atoms with Crippen LogP contribution in [0.5, 0.6) is 0 Å². The molecule has 86 valence electrons. The van der Waals surface area contributed by atoms with Crippen molar-refractivity contribution in [2.45, 2.75) is 25.4 Å². The fourth-order valence-corrected chi connectivity index (χ4v) is 2.49. The highest BCUT2D eigenvalue weighted by Gasteiger charge is 2.39. The molecule has 2 fully saturated rings. The minimum absolute atomic E-state index is 0.0143. The lowest BCUT2D eigenvalue weighted by molar-refractivity contribution is -0.151. The third-order valence-corrected chi connectivity index (χ3v) is 3.75. The summed E-state index contributed by atoms with van der Waals surface area (Å²) in [5.74, 6) is 0.592. The minimum Gasteiger partial charge on any atom is -0.363 e. The summed E-state index contributed by atoms with van der Waals surface area (Å²) >= 11 is 0. The van der Waals surface area contributed by atoms with E-state index >= 15 is 0 Å². The summed E-state index contributed by atoms with van der Waals surface area (Å²) in [7, 11) is 2.15. The lowest BCUT2D eigenvalue weighted by atomic mass is 9.81. The Labute approximate surface area is 91.0 Å². The van der Waals surface area contributed by atoms with Crippen molar-refractivity contribution in [3.63, 3.8) is 0 Å². The Kier molecular flexibility index (Phi) is 2.98. The van der Waals surface area contributed by atoms with Gasteiger partial charge in [-0.1, -0.05) is 0 Å². The Morgan fingerprint density at radius 2 is 2.13 bits per heavy atom. The number of morpholine rings is 1.